The van der Waals surface area contributed by atoms with Crippen molar-refractivity contribution in [3.63, 3.8) is 0 Å². The molecule has 4 aromatic rings. The van der Waals surface area contributed by atoms with Crippen molar-refractivity contribution >= 4 is 16.8 Å². The molecule has 6 heteroatoms. The lowest BCUT2D eigenvalue weighted by Gasteiger charge is -2.18. The van der Waals surface area contributed by atoms with Crippen LogP contribution in [-0.4, -0.2) is 51.1 Å². The average molecular weight is 474 g/mol. The molecule has 0 aliphatic carbocycles. The molecule has 1 aromatic heterocycles. The Balaban J connectivity index is 1.68. The van der Waals surface area contributed by atoms with Crippen LogP contribution in [0.1, 0.15) is 29.8 Å². The number of hydrogen-bond acceptors (Lipinski definition) is 6. The van der Waals surface area contributed by atoms with Crippen LogP contribution in [0, 0.1) is 0 Å². The minimum Gasteiger partial charge on any atom is -0.497 e. The molecule has 0 bridgehead atoms. The summed E-state index contributed by atoms with van der Waals surface area (Å²) < 4.78 is 22.9. The first-order valence-corrected chi connectivity index (χ1v) is 11.8. The zero-order valence-corrected chi connectivity index (χ0v) is 20.7. The number of para-hydroxylation sites is 1. The lowest BCUT2D eigenvalue weighted by molar-refractivity contribution is 0.103. The van der Waals surface area contributed by atoms with Gasteiger partial charge in [-0.05, 0) is 55.6 Å². The van der Waals surface area contributed by atoms with Gasteiger partial charge in [0.1, 0.15) is 35.2 Å². The molecule has 182 valence electrons. The number of furan rings is 1. The first-order chi connectivity index (χ1) is 17.1. The highest BCUT2D eigenvalue weighted by Gasteiger charge is 2.24. The first kappa shape index (κ1) is 24.4. The van der Waals surface area contributed by atoms with E-state index in [2.05, 4.69) is 18.7 Å². The van der Waals surface area contributed by atoms with Crippen molar-refractivity contribution in [3.05, 3.63) is 77.9 Å². The Morgan fingerprint density at radius 3 is 2.14 bits per heavy atom. The third kappa shape index (κ3) is 5.33. The maximum Gasteiger partial charge on any atom is 0.197 e. The summed E-state index contributed by atoms with van der Waals surface area (Å²) in [5.74, 6) is 2.23. The quantitative estimate of drug-likeness (QED) is 0.247. The second kappa shape index (κ2) is 11.1. The highest BCUT2D eigenvalue weighted by atomic mass is 16.5. The summed E-state index contributed by atoms with van der Waals surface area (Å²) in [7, 11) is 3.13. The van der Waals surface area contributed by atoms with Crippen molar-refractivity contribution < 1.29 is 23.4 Å². The van der Waals surface area contributed by atoms with Gasteiger partial charge in [0.05, 0.1) is 19.8 Å². The Morgan fingerprint density at radius 2 is 1.51 bits per heavy atom. The summed E-state index contributed by atoms with van der Waals surface area (Å²) >= 11 is 0. The van der Waals surface area contributed by atoms with Gasteiger partial charge < -0.3 is 23.5 Å². The normalized spacial score (nSPS) is 11.1. The minimum absolute atomic E-state index is 0.165. The fraction of sp³-hybridized carbons (Fsp3) is 0.276. The van der Waals surface area contributed by atoms with Crippen molar-refractivity contribution in [2.24, 2.45) is 0 Å². The number of ketones is 1. The zero-order valence-electron chi connectivity index (χ0n) is 20.7. The Hall–Kier alpha value is -3.77. The van der Waals surface area contributed by atoms with Crippen LogP contribution in [0.25, 0.3) is 22.3 Å². The van der Waals surface area contributed by atoms with E-state index in [4.69, 9.17) is 18.6 Å². The van der Waals surface area contributed by atoms with E-state index in [9.17, 15) is 4.79 Å². The topological polar surface area (TPSA) is 61.1 Å². The van der Waals surface area contributed by atoms with Gasteiger partial charge in [0.2, 0.25) is 0 Å². The van der Waals surface area contributed by atoms with Crippen LogP contribution in [0.5, 0.6) is 17.2 Å². The molecule has 4 rings (SSSR count). The molecule has 0 amide bonds. The minimum atomic E-state index is -0.165. The number of likely N-dealkylation sites (N-methyl/N-ethyl adjacent to an activating group) is 1. The van der Waals surface area contributed by atoms with Gasteiger partial charge in [0.15, 0.2) is 5.78 Å². The molecular formula is C29H31NO5. The SMILES string of the molecule is CCN(CC)CCOc1ccc(-c2oc3ccccc3c2C(=O)c2cc(OC)cc(OC)c2)cc1. The van der Waals surface area contributed by atoms with Gasteiger partial charge in [-0.25, -0.2) is 0 Å². The van der Waals surface area contributed by atoms with Crippen LogP contribution in [-0.2, 0) is 0 Å². The second-order valence-electron chi connectivity index (χ2n) is 8.13. The molecule has 0 saturated carbocycles. The molecule has 0 aliphatic rings. The van der Waals surface area contributed by atoms with E-state index in [1.807, 2.05) is 48.5 Å². The summed E-state index contributed by atoms with van der Waals surface area (Å²) in [4.78, 5) is 16.1. The molecular weight excluding hydrogens is 442 g/mol. The Labute approximate surface area is 206 Å². The largest absolute Gasteiger partial charge is 0.497 e. The van der Waals surface area contributed by atoms with E-state index >= 15 is 0 Å². The summed E-state index contributed by atoms with van der Waals surface area (Å²) in [6.07, 6.45) is 0. The third-order valence-electron chi connectivity index (χ3n) is 6.12. The smallest absolute Gasteiger partial charge is 0.197 e. The number of ether oxygens (including phenoxy) is 3. The number of hydrogen-bond donors (Lipinski definition) is 0. The van der Waals surface area contributed by atoms with E-state index < -0.39 is 0 Å². The van der Waals surface area contributed by atoms with Gasteiger partial charge in [0.25, 0.3) is 0 Å². The highest BCUT2D eigenvalue weighted by Crippen LogP contribution is 2.37. The van der Waals surface area contributed by atoms with Gasteiger partial charge in [-0.15, -0.1) is 0 Å². The molecule has 0 N–H and O–H groups in total. The van der Waals surface area contributed by atoms with Gasteiger partial charge in [-0.1, -0.05) is 32.0 Å². The number of rotatable bonds is 11. The Bertz CT molecular complexity index is 1270. The maximum atomic E-state index is 13.8. The molecule has 35 heavy (non-hydrogen) atoms. The van der Waals surface area contributed by atoms with E-state index in [-0.39, 0.29) is 5.78 Å². The van der Waals surface area contributed by atoms with Crippen LogP contribution in [0.3, 0.4) is 0 Å². The molecule has 0 spiro atoms. The summed E-state index contributed by atoms with van der Waals surface area (Å²) in [5.41, 5.74) is 2.42. The molecule has 1 heterocycles. The van der Waals surface area contributed by atoms with Crippen LogP contribution < -0.4 is 14.2 Å². The predicted molar refractivity (Wildman–Crippen MR) is 138 cm³/mol. The van der Waals surface area contributed by atoms with Crippen molar-refractivity contribution in [1.82, 2.24) is 4.90 Å². The maximum absolute atomic E-state index is 13.8. The monoisotopic (exact) mass is 473 g/mol. The molecule has 0 radical (unpaired) electrons. The van der Waals surface area contributed by atoms with Gasteiger partial charge in [-0.3, -0.25) is 4.79 Å². The van der Waals surface area contributed by atoms with E-state index in [0.29, 0.717) is 40.6 Å². The molecule has 0 unspecified atom stereocenters. The molecule has 0 aliphatic heterocycles. The van der Waals surface area contributed by atoms with Crippen molar-refractivity contribution in [3.8, 4) is 28.6 Å². The van der Waals surface area contributed by atoms with Gasteiger partial charge in [-0.2, -0.15) is 0 Å². The summed E-state index contributed by atoms with van der Waals surface area (Å²) in [5, 5.41) is 0.758. The van der Waals surface area contributed by atoms with Crippen molar-refractivity contribution in [2.75, 3.05) is 40.5 Å². The molecule has 0 saturated heterocycles. The van der Waals surface area contributed by atoms with Gasteiger partial charge in [0, 0.05) is 29.1 Å². The van der Waals surface area contributed by atoms with Crippen LogP contribution in [0.15, 0.2) is 71.1 Å². The molecule has 6 nitrogen and oxygen atoms in total. The first-order valence-electron chi connectivity index (χ1n) is 11.8. The fourth-order valence-electron chi connectivity index (χ4n) is 4.09. The van der Waals surface area contributed by atoms with Crippen LogP contribution >= 0.6 is 0 Å². The fourth-order valence-corrected chi connectivity index (χ4v) is 4.09. The highest BCUT2D eigenvalue weighted by molar-refractivity contribution is 6.19. The van der Waals surface area contributed by atoms with Crippen molar-refractivity contribution in [2.45, 2.75) is 13.8 Å². The Morgan fingerprint density at radius 1 is 0.857 bits per heavy atom. The number of carbonyl (C=O) groups excluding carboxylic acids is 1. The number of methoxy groups -OCH3 is 2. The predicted octanol–water partition coefficient (Wildman–Crippen LogP) is 6.07. The van der Waals surface area contributed by atoms with Crippen LogP contribution in [0.2, 0.25) is 0 Å². The van der Waals surface area contributed by atoms with E-state index in [1.165, 1.54) is 0 Å². The number of nitrogens with zero attached hydrogens (tertiary/aromatic N) is 1. The van der Waals surface area contributed by atoms with E-state index in [0.717, 1.165) is 36.3 Å². The van der Waals surface area contributed by atoms with Crippen LogP contribution in [0.4, 0.5) is 0 Å². The number of benzene rings is 3. The second-order valence-corrected chi connectivity index (χ2v) is 8.13. The number of carbonyl (C=O) groups is 1. The van der Waals surface area contributed by atoms with E-state index in [1.54, 1.807) is 32.4 Å². The van der Waals surface area contributed by atoms with Gasteiger partial charge >= 0.3 is 0 Å². The summed E-state index contributed by atoms with van der Waals surface area (Å²) in [6, 6.07) is 20.4. The van der Waals surface area contributed by atoms with Crippen molar-refractivity contribution in [1.29, 1.82) is 0 Å². The average Bonchev–Trinajstić information content (AvgIpc) is 3.30. The Kier molecular flexibility index (Phi) is 7.73. The molecule has 3 aromatic carbocycles. The zero-order chi connectivity index (χ0) is 24.8. The lowest BCUT2D eigenvalue weighted by Crippen LogP contribution is -2.27. The molecule has 0 fully saturated rings. The third-order valence-corrected chi connectivity index (χ3v) is 6.12. The number of fused-ring (bicyclic) bond motifs is 1. The molecule has 0 atom stereocenters. The summed E-state index contributed by atoms with van der Waals surface area (Å²) in [6.45, 7) is 7.79. The standard InChI is InChI=1S/C29H31NO5/c1-5-30(6-2)15-16-34-22-13-11-20(12-14-22)29-27(25-9-7-8-10-26(25)35-29)28(31)21-17-23(32-3)19-24(18-21)33-4/h7-14,17-19H,5-6,15-16H2,1-4H3. The lowest BCUT2D eigenvalue weighted by atomic mass is 9.97.